The van der Waals surface area contributed by atoms with E-state index in [0.717, 1.165) is 21.2 Å². The largest absolute Gasteiger partial charge is 2.00 e. The van der Waals surface area contributed by atoms with Crippen LogP contribution in [0.3, 0.4) is 0 Å². The van der Waals surface area contributed by atoms with Gasteiger partial charge in [0.05, 0.1) is 26.3 Å². The second-order valence-corrected chi connectivity index (χ2v) is 20.2. The molecule has 2 aromatic carbocycles. The fourth-order valence-corrected chi connectivity index (χ4v) is 11.0. The SMILES string of the molecule is C1CCOC1.CC(=O)c1cc2c(nc(-c3ccc(C)o3)n3c(C)nnc23)n1S(=O)(=O)c1ccccc1.Cc1ccc(-c2nc3c(cc(C(C)(C)O)n3S(=O)(=O)c3ccccc3)c3nnc(C)n23)o1.[Br-].[CH3-].[Mg+2]. The Morgan fingerprint density at radius 2 is 1.04 bits per heavy atom. The Morgan fingerprint density at radius 3 is 1.42 bits per heavy atom. The summed E-state index contributed by atoms with van der Waals surface area (Å²) in [6, 6.07) is 26.1. The molecule has 0 bridgehead atoms. The molecule has 19 nitrogen and oxygen atoms in total. The van der Waals surface area contributed by atoms with Crippen LogP contribution in [-0.4, -0.2) is 111 Å². The molecule has 10 aromatic rings. The molecular formula is C48H49BrMgN10O9S2. The van der Waals surface area contributed by atoms with E-state index in [1.807, 2.05) is 6.92 Å². The zero-order valence-corrected chi connectivity index (χ0v) is 44.8. The average Bonchev–Trinajstić information content (AvgIpc) is 4.17. The van der Waals surface area contributed by atoms with Crippen molar-refractivity contribution in [3.63, 3.8) is 0 Å². The maximum absolute atomic E-state index is 13.7. The molecule has 0 radical (unpaired) electrons. The van der Waals surface area contributed by atoms with E-state index >= 15 is 0 Å². The maximum Gasteiger partial charge on any atom is 2.00 e. The van der Waals surface area contributed by atoms with Crippen molar-refractivity contribution in [3.8, 4) is 23.2 Å². The monoisotopic (exact) mass is 1080 g/mol. The number of furan rings is 2. The molecule has 23 heteroatoms. The molecule has 8 aromatic heterocycles. The Labute approximate surface area is 435 Å². The molecule has 1 aliphatic rings. The molecule has 11 rings (SSSR count). The van der Waals surface area contributed by atoms with Crippen LogP contribution in [0.2, 0.25) is 0 Å². The van der Waals surface area contributed by atoms with E-state index in [-0.39, 0.29) is 79.9 Å². The van der Waals surface area contributed by atoms with Gasteiger partial charge >= 0.3 is 23.1 Å². The number of Topliss-reactive ketones (excluding diaryl/α,β-unsaturated/α-hetero) is 1. The van der Waals surface area contributed by atoms with Gasteiger partial charge in [-0.2, -0.15) is 0 Å². The number of rotatable bonds is 8. The van der Waals surface area contributed by atoms with Crippen LogP contribution in [-0.2, 0) is 30.4 Å². The number of hydrogen-bond acceptors (Lipinski definition) is 15. The topological polar surface area (TPSA) is 237 Å². The molecule has 0 saturated carbocycles. The van der Waals surface area contributed by atoms with Crippen LogP contribution in [0.4, 0.5) is 0 Å². The van der Waals surface area contributed by atoms with Crippen molar-refractivity contribution in [2.24, 2.45) is 0 Å². The van der Waals surface area contributed by atoms with E-state index in [0.29, 0.717) is 68.4 Å². The second-order valence-electron chi connectivity index (χ2n) is 16.6. The summed E-state index contributed by atoms with van der Waals surface area (Å²) in [4.78, 5) is 21.9. The number of carbonyl (C=O) groups is 1. The normalized spacial score (nSPS) is 12.7. The molecule has 0 unspecified atom stereocenters. The number of carbonyl (C=O) groups excluding carboxylic acids is 1. The molecular weight excluding hydrogens is 1030 g/mol. The first-order valence-electron chi connectivity index (χ1n) is 21.5. The molecule has 0 aliphatic carbocycles. The number of hydrogen-bond donors (Lipinski definition) is 1. The third-order valence-electron chi connectivity index (χ3n) is 11.1. The van der Waals surface area contributed by atoms with Crippen LogP contribution in [0.15, 0.2) is 116 Å². The molecule has 71 heavy (non-hydrogen) atoms. The van der Waals surface area contributed by atoms with Gasteiger partial charge in [-0.25, -0.2) is 34.7 Å². The van der Waals surface area contributed by atoms with Gasteiger partial charge in [0.25, 0.3) is 20.0 Å². The Kier molecular flexibility index (Phi) is 16.0. The van der Waals surface area contributed by atoms with Crippen molar-refractivity contribution >= 4 is 82.2 Å². The van der Waals surface area contributed by atoms with Crippen LogP contribution in [0.5, 0.6) is 0 Å². The molecule has 1 N–H and O–H groups in total. The molecule has 0 spiro atoms. The zero-order valence-electron chi connectivity index (χ0n) is 40.2. The smallest absolute Gasteiger partial charge is 1.00 e. The molecule has 9 heterocycles. The Bertz CT molecular complexity index is 3770. The van der Waals surface area contributed by atoms with Gasteiger partial charge in [0, 0.05) is 20.1 Å². The maximum atomic E-state index is 13.7. The first-order valence-corrected chi connectivity index (χ1v) is 24.4. The molecule has 0 amide bonds. The Balaban J connectivity index is 0.000000203. The number of ketones is 1. The Hall–Kier alpha value is -6.08. The number of benzene rings is 2. The summed E-state index contributed by atoms with van der Waals surface area (Å²) in [5.74, 6) is 3.66. The minimum Gasteiger partial charge on any atom is -1.00 e. The molecule has 1 fully saturated rings. The van der Waals surface area contributed by atoms with Gasteiger partial charge in [0.1, 0.15) is 34.5 Å². The summed E-state index contributed by atoms with van der Waals surface area (Å²) in [7, 11) is -8.19. The summed E-state index contributed by atoms with van der Waals surface area (Å²) in [6.45, 7) is 13.5. The Morgan fingerprint density at radius 1 is 0.620 bits per heavy atom. The van der Waals surface area contributed by atoms with Gasteiger partial charge in [0.15, 0.2) is 51.5 Å². The van der Waals surface area contributed by atoms with Crippen molar-refractivity contribution < 1.29 is 57.3 Å². The third-order valence-corrected chi connectivity index (χ3v) is 14.6. The van der Waals surface area contributed by atoms with Gasteiger partial charge in [-0.05, 0) is 115 Å². The van der Waals surface area contributed by atoms with Gasteiger partial charge < -0.3 is 43.1 Å². The van der Waals surface area contributed by atoms with E-state index in [1.54, 1.807) is 96.3 Å². The van der Waals surface area contributed by atoms with E-state index < -0.39 is 31.4 Å². The van der Waals surface area contributed by atoms with Gasteiger partial charge in [-0.15, -0.1) is 20.4 Å². The second kappa shape index (κ2) is 20.9. The number of halogens is 1. The predicted octanol–water partition coefficient (Wildman–Crippen LogP) is 4.69. The number of aryl methyl sites for hydroxylation is 4. The summed E-state index contributed by atoms with van der Waals surface area (Å²) in [5, 5.41) is 28.5. The van der Waals surface area contributed by atoms with Crippen LogP contribution in [0.1, 0.15) is 73.0 Å². The number of fused-ring (bicyclic) bond motifs is 6. The predicted molar refractivity (Wildman–Crippen MR) is 262 cm³/mol. The number of aliphatic hydroxyl groups is 1. The summed E-state index contributed by atoms with van der Waals surface area (Å²) in [6.07, 6.45) is 2.56. The van der Waals surface area contributed by atoms with Gasteiger partial charge in [0.2, 0.25) is 0 Å². The van der Waals surface area contributed by atoms with Gasteiger partial charge in [-0.1, -0.05) is 36.4 Å². The quantitative estimate of drug-likeness (QED) is 0.124. The number of nitrogens with zero attached hydrogens (tertiary/aromatic N) is 10. The summed E-state index contributed by atoms with van der Waals surface area (Å²) >= 11 is 0. The van der Waals surface area contributed by atoms with E-state index in [4.69, 9.17) is 18.6 Å². The van der Waals surface area contributed by atoms with E-state index in [1.165, 1.54) is 63.9 Å². The summed E-state index contributed by atoms with van der Waals surface area (Å²) in [5.41, 5.74) is -0.301. The fourth-order valence-electron chi connectivity index (χ4n) is 7.89. The van der Waals surface area contributed by atoms with Crippen LogP contribution < -0.4 is 17.0 Å². The minimum atomic E-state index is -4.11. The van der Waals surface area contributed by atoms with Crippen molar-refractivity contribution in [2.45, 2.75) is 76.7 Å². The fraction of sp³-hybridized carbons (Fsp3) is 0.250. The molecule has 366 valence electrons. The van der Waals surface area contributed by atoms with Crippen LogP contribution >= 0.6 is 0 Å². The van der Waals surface area contributed by atoms with Crippen LogP contribution in [0, 0.1) is 35.1 Å². The van der Waals surface area contributed by atoms with Gasteiger partial charge in [-0.3, -0.25) is 13.6 Å². The standard InChI is InChI=1S/C22H21N5O4S.C21H17N5O4S.C4H8O.CH3.BrH.Mg/c1-13-10-11-17(31-13)21-23-19-16(20-25-24-14(2)26(20)21)12-18(22(3,4)28)27(19)32(29,30)15-8-6-5-7-9-15;1-12-9-10-18(30-12)21-22-19-16(20-24-23-14(3)25(20)21)11-17(13(2)27)26(19)31(28,29)15-7-5-4-6-8-15;1-2-4-5-3-1;;;/h5-12,28H,1-4H3;4-11H,1-3H3;1-4H2;1H3;1H;/q;;;-1;;+2/p-1. The van der Waals surface area contributed by atoms with E-state index in [2.05, 4.69) is 25.4 Å². The minimum absolute atomic E-state index is 0. The van der Waals surface area contributed by atoms with E-state index in [9.17, 15) is 26.7 Å². The average molecular weight is 1080 g/mol. The molecule has 1 aliphatic heterocycles. The van der Waals surface area contributed by atoms with Crippen LogP contribution in [0.25, 0.3) is 56.5 Å². The van der Waals surface area contributed by atoms with Crippen molar-refractivity contribution in [1.29, 1.82) is 0 Å². The zero-order chi connectivity index (χ0) is 48.3. The number of ether oxygens (including phenoxy) is 1. The third kappa shape index (κ3) is 9.95. The first-order chi connectivity index (χ1) is 32.4. The van der Waals surface area contributed by atoms with Crippen molar-refractivity contribution in [2.75, 3.05) is 13.2 Å². The number of aromatic nitrogens is 10. The van der Waals surface area contributed by atoms with Crippen molar-refractivity contribution in [3.05, 3.63) is 139 Å². The van der Waals surface area contributed by atoms with Crippen molar-refractivity contribution in [1.82, 2.24) is 47.1 Å². The summed E-state index contributed by atoms with van der Waals surface area (Å²) < 4.78 is 76.4. The first kappa shape index (κ1) is 54.3. The molecule has 1 saturated heterocycles. The molecule has 0 atom stereocenters.